The lowest BCUT2D eigenvalue weighted by atomic mass is 10.0. The SMILES string of the molecule is CC(=O)Nc1nc(-c2ccc(CCCBr)cc2)c(-c2ccc(CS(=O)O)cc2)s1. The molecule has 1 atom stereocenters. The van der Waals surface area contributed by atoms with Crippen LogP contribution in [0.2, 0.25) is 0 Å². The first-order valence-electron chi connectivity index (χ1n) is 9.06. The van der Waals surface area contributed by atoms with Crippen LogP contribution in [0.5, 0.6) is 0 Å². The predicted octanol–water partition coefficient (Wildman–Crippen LogP) is 5.48. The van der Waals surface area contributed by atoms with Crippen molar-refractivity contribution in [1.82, 2.24) is 4.98 Å². The van der Waals surface area contributed by atoms with Gasteiger partial charge < -0.3 is 9.87 Å². The molecule has 0 aliphatic rings. The van der Waals surface area contributed by atoms with Gasteiger partial charge in [-0.1, -0.05) is 75.8 Å². The van der Waals surface area contributed by atoms with E-state index in [0.717, 1.165) is 45.4 Å². The van der Waals surface area contributed by atoms with E-state index in [9.17, 15) is 9.00 Å². The molecule has 0 spiro atoms. The number of alkyl halides is 1. The molecule has 2 N–H and O–H groups in total. The van der Waals surface area contributed by atoms with E-state index < -0.39 is 11.1 Å². The molecule has 152 valence electrons. The van der Waals surface area contributed by atoms with Crippen molar-refractivity contribution in [3.8, 4) is 21.7 Å². The van der Waals surface area contributed by atoms with Crippen LogP contribution in [0.4, 0.5) is 5.13 Å². The zero-order valence-corrected chi connectivity index (χ0v) is 19.1. The fourth-order valence-corrected chi connectivity index (χ4v) is 4.71. The number of carbonyl (C=O) groups excluding carboxylic acids is 1. The van der Waals surface area contributed by atoms with Crippen molar-refractivity contribution < 1.29 is 13.6 Å². The summed E-state index contributed by atoms with van der Waals surface area (Å²) in [4.78, 5) is 17.1. The molecule has 29 heavy (non-hydrogen) atoms. The van der Waals surface area contributed by atoms with E-state index >= 15 is 0 Å². The molecule has 0 bridgehead atoms. The molecule has 1 aromatic heterocycles. The number of hydrogen-bond acceptors (Lipinski definition) is 4. The van der Waals surface area contributed by atoms with Crippen LogP contribution >= 0.6 is 27.3 Å². The molecular weight excluding hydrogens is 472 g/mol. The Labute approximate surface area is 185 Å². The van der Waals surface area contributed by atoms with Crippen molar-refractivity contribution in [3.05, 3.63) is 59.7 Å². The highest BCUT2D eigenvalue weighted by atomic mass is 79.9. The van der Waals surface area contributed by atoms with Gasteiger partial charge in [-0.2, -0.15) is 0 Å². The number of anilines is 1. The zero-order chi connectivity index (χ0) is 20.8. The Morgan fingerprint density at radius 1 is 1.10 bits per heavy atom. The van der Waals surface area contributed by atoms with Gasteiger partial charge in [0.25, 0.3) is 0 Å². The van der Waals surface area contributed by atoms with Crippen molar-refractivity contribution in [2.24, 2.45) is 0 Å². The van der Waals surface area contributed by atoms with Gasteiger partial charge in [0.15, 0.2) is 16.2 Å². The Kier molecular flexibility index (Phi) is 7.71. The fourth-order valence-electron chi connectivity index (χ4n) is 2.91. The molecule has 1 heterocycles. The number of benzene rings is 2. The molecule has 1 unspecified atom stereocenters. The number of aryl methyl sites for hydroxylation is 1. The summed E-state index contributed by atoms with van der Waals surface area (Å²) in [6, 6.07) is 15.9. The summed E-state index contributed by atoms with van der Waals surface area (Å²) in [6.45, 7) is 1.46. The van der Waals surface area contributed by atoms with Gasteiger partial charge in [0.2, 0.25) is 5.91 Å². The molecule has 1 amide bonds. The topological polar surface area (TPSA) is 79.3 Å². The van der Waals surface area contributed by atoms with E-state index in [1.165, 1.54) is 23.8 Å². The quantitative estimate of drug-likeness (QED) is 0.322. The Hall–Kier alpha value is -1.87. The van der Waals surface area contributed by atoms with E-state index in [0.29, 0.717) is 5.13 Å². The fraction of sp³-hybridized carbons (Fsp3) is 0.238. The summed E-state index contributed by atoms with van der Waals surface area (Å²) >= 11 is 3.01. The van der Waals surface area contributed by atoms with Gasteiger partial charge in [0.1, 0.15) is 0 Å². The lowest BCUT2D eigenvalue weighted by Crippen LogP contribution is -2.04. The summed E-state index contributed by atoms with van der Waals surface area (Å²) in [5, 5.41) is 4.30. The highest BCUT2D eigenvalue weighted by Gasteiger charge is 2.16. The van der Waals surface area contributed by atoms with Gasteiger partial charge in [0.05, 0.1) is 16.3 Å². The van der Waals surface area contributed by atoms with Crippen molar-refractivity contribution in [3.63, 3.8) is 0 Å². The maximum atomic E-state index is 11.5. The third-order valence-corrected chi connectivity index (χ3v) is 6.40. The summed E-state index contributed by atoms with van der Waals surface area (Å²) in [5.74, 6) is -0.0641. The standard InChI is InChI=1S/C21H21BrN2O3S2/c1-14(25)23-21-24-19(17-8-4-15(5-9-17)3-2-12-22)20(28-21)18-10-6-16(7-11-18)13-29(26)27/h4-11H,2-3,12-13H2,1H3,(H,26,27)(H,23,24,25). The summed E-state index contributed by atoms with van der Waals surface area (Å²) in [7, 11) is 0. The van der Waals surface area contributed by atoms with Crippen LogP contribution < -0.4 is 5.32 Å². The van der Waals surface area contributed by atoms with E-state index in [1.54, 1.807) is 0 Å². The second-order valence-corrected chi connectivity index (χ2v) is 9.25. The first kappa shape index (κ1) is 21.8. The van der Waals surface area contributed by atoms with Gasteiger partial charge in [-0.25, -0.2) is 9.19 Å². The monoisotopic (exact) mass is 492 g/mol. The minimum atomic E-state index is -1.87. The Morgan fingerprint density at radius 2 is 1.72 bits per heavy atom. The van der Waals surface area contributed by atoms with Gasteiger partial charge in [-0.3, -0.25) is 4.79 Å². The molecule has 0 aliphatic heterocycles. The number of nitrogens with zero attached hydrogens (tertiary/aromatic N) is 1. The number of amides is 1. The molecular formula is C21H21BrN2O3S2. The number of aromatic nitrogens is 1. The molecule has 3 rings (SSSR count). The van der Waals surface area contributed by atoms with Gasteiger partial charge in [-0.05, 0) is 29.5 Å². The number of hydrogen-bond donors (Lipinski definition) is 2. The van der Waals surface area contributed by atoms with Crippen LogP contribution in [-0.2, 0) is 28.0 Å². The number of rotatable bonds is 8. The number of carbonyl (C=O) groups is 1. The van der Waals surface area contributed by atoms with Crippen LogP contribution in [-0.4, -0.2) is 25.0 Å². The highest BCUT2D eigenvalue weighted by Crippen LogP contribution is 2.39. The lowest BCUT2D eigenvalue weighted by molar-refractivity contribution is -0.114. The van der Waals surface area contributed by atoms with E-state index in [-0.39, 0.29) is 11.7 Å². The second-order valence-electron chi connectivity index (χ2n) is 6.53. The average molecular weight is 493 g/mol. The van der Waals surface area contributed by atoms with E-state index in [1.807, 2.05) is 24.3 Å². The normalized spacial score (nSPS) is 12.0. The van der Waals surface area contributed by atoms with Crippen LogP contribution in [0.3, 0.4) is 0 Å². The molecule has 2 aromatic carbocycles. The molecule has 0 fully saturated rings. The van der Waals surface area contributed by atoms with Crippen molar-refractivity contribution in [2.45, 2.75) is 25.5 Å². The van der Waals surface area contributed by atoms with Crippen molar-refractivity contribution in [1.29, 1.82) is 0 Å². The molecule has 0 aliphatic carbocycles. The number of nitrogens with one attached hydrogen (secondary N) is 1. The minimum Gasteiger partial charge on any atom is -0.306 e. The highest BCUT2D eigenvalue weighted by molar-refractivity contribution is 9.09. The van der Waals surface area contributed by atoms with Crippen LogP contribution in [0.1, 0.15) is 24.5 Å². The van der Waals surface area contributed by atoms with E-state index in [4.69, 9.17) is 4.55 Å². The predicted molar refractivity (Wildman–Crippen MR) is 124 cm³/mol. The third kappa shape index (κ3) is 6.05. The van der Waals surface area contributed by atoms with E-state index in [2.05, 4.69) is 50.5 Å². The third-order valence-electron chi connectivity index (χ3n) is 4.24. The average Bonchev–Trinajstić information content (AvgIpc) is 3.10. The Morgan fingerprint density at radius 3 is 2.31 bits per heavy atom. The second kappa shape index (κ2) is 10.2. The van der Waals surface area contributed by atoms with Gasteiger partial charge in [-0.15, -0.1) is 0 Å². The molecule has 5 nitrogen and oxygen atoms in total. The first-order chi connectivity index (χ1) is 14.0. The largest absolute Gasteiger partial charge is 0.306 e. The minimum absolute atomic E-state index is 0.100. The van der Waals surface area contributed by atoms with Crippen LogP contribution in [0.25, 0.3) is 21.7 Å². The van der Waals surface area contributed by atoms with Gasteiger partial charge >= 0.3 is 0 Å². The van der Waals surface area contributed by atoms with Gasteiger partial charge in [0, 0.05) is 17.8 Å². The summed E-state index contributed by atoms with van der Waals surface area (Å²) < 4.78 is 20.1. The molecule has 0 saturated heterocycles. The lowest BCUT2D eigenvalue weighted by Gasteiger charge is -2.06. The molecule has 8 heteroatoms. The Balaban J connectivity index is 1.96. The number of thiazole rings is 1. The van der Waals surface area contributed by atoms with Crippen LogP contribution in [0, 0.1) is 0 Å². The molecule has 0 radical (unpaired) electrons. The zero-order valence-electron chi connectivity index (χ0n) is 15.9. The summed E-state index contributed by atoms with van der Waals surface area (Å²) in [6.07, 6.45) is 2.10. The van der Waals surface area contributed by atoms with Crippen molar-refractivity contribution >= 4 is 49.4 Å². The Bertz CT molecular complexity index is 1000. The summed E-state index contributed by atoms with van der Waals surface area (Å²) in [5.41, 5.74) is 4.80. The maximum absolute atomic E-state index is 11.5. The first-order valence-corrected chi connectivity index (χ1v) is 12.3. The molecule has 0 saturated carbocycles. The molecule has 3 aromatic rings. The van der Waals surface area contributed by atoms with Crippen molar-refractivity contribution in [2.75, 3.05) is 10.6 Å². The van der Waals surface area contributed by atoms with Crippen LogP contribution in [0.15, 0.2) is 48.5 Å². The number of halogens is 1. The smallest absolute Gasteiger partial charge is 0.223 e. The maximum Gasteiger partial charge on any atom is 0.223 e.